The summed E-state index contributed by atoms with van der Waals surface area (Å²) < 4.78 is 0. The highest BCUT2D eigenvalue weighted by atomic mass is 32.2. The van der Waals surface area contributed by atoms with Gasteiger partial charge in [-0.2, -0.15) is 0 Å². The van der Waals surface area contributed by atoms with Crippen molar-refractivity contribution in [3.8, 4) is 0 Å². The average molecular weight is 368 g/mol. The lowest BCUT2D eigenvalue weighted by Gasteiger charge is -2.12. The first-order chi connectivity index (χ1) is 12.4. The molecule has 1 amide bonds. The van der Waals surface area contributed by atoms with Crippen LogP contribution in [0.3, 0.4) is 0 Å². The molecule has 1 aliphatic rings. The molecule has 1 N–H and O–H groups in total. The molecule has 8 heteroatoms. The molecule has 3 rings (SSSR count). The quantitative estimate of drug-likeness (QED) is 0.506. The number of amides is 1. The lowest BCUT2D eigenvalue weighted by molar-refractivity contribution is -0.384. The molecular weight excluding hydrogens is 352 g/mol. The lowest BCUT2D eigenvalue weighted by Crippen LogP contribution is -2.19. The molecule has 2 aromatic carbocycles. The molecule has 2 aromatic rings. The van der Waals surface area contributed by atoms with Crippen molar-refractivity contribution in [3.63, 3.8) is 0 Å². The highest BCUT2D eigenvalue weighted by Crippen LogP contribution is 2.31. The van der Waals surface area contributed by atoms with E-state index in [1.54, 1.807) is 37.2 Å². The third-order valence-corrected chi connectivity index (χ3v) is 4.52. The summed E-state index contributed by atoms with van der Waals surface area (Å²) >= 11 is 1.20. The van der Waals surface area contributed by atoms with Crippen molar-refractivity contribution in [2.75, 3.05) is 19.0 Å². The van der Waals surface area contributed by atoms with Gasteiger partial charge in [-0.15, -0.1) is 0 Å². The molecule has 132 valence electrons. The van der Waals surface area contributed by atoms with Crippen LogP contribution in [0, 0.1) is 10.1 Å². The Morgan fingerprint density at radius 2 is 1.92 bits per heavy atom. The van der Waals surface area contributed by atoms with Crippen LogP contribution in [0.5, 0.6) is 0 Å². The van der Waals surface area contributed by atoms with E-state index in [1.807, 2.05) is 30.3 Å². The van der Waals surface area contributed by atoms with Gasteiger partial charge in [0.15, 0.2) is 5.17 Å². The summed E-state index contributed by atoms with van der Waals surface area (Å²) in [5, 5.41) is 14.5. The van der Waals surface area contributed by atoms with Gasteiger partial charge in [-0.3, -0.25) is 14.9 Å². The van der Waals surface area contributed by atoms with Gasteiger partial charge in [0.25, 0.3) is 11.6 Å². The van der Waals surface area contributed by atoms with Crippen molar-refractivity contribution in [2.24, 2.45) is 4.99 Å². The Bertz CT molecular complexity index is 923. The standard InChI is InChI=1S/C18H16N4O3S/c1-21(2)14-9-8-12(10-15(14)22(24)25)11-16-17(23)20-18(26-16)19-13-6-4-3-5-7-13/h3-11H,1-2H3,(H,19,20,23)/b16-11+. The minimum Gasteiger partial charge on any atom is -0.372 e. The third-order valence-electron chi connectivity index (χ3n) is 3.61. The van der Waals surface area contributed by atoms with Crippen LogP contribution in [-0.4, -0.2) is 30.1 Å². The van der Waals surface area contributed by atoms with Gasteiger partial charge in [0, 0.05) is 20.2 Å². The van der Waals surface area contributed by atoms with Gasteiger partial charge in [0.1, 0.15) is 5.69 Å². The molecule has 1 heterocycles. The van der Waals surface area contributed by atoms with Crippen molar-refractivity contribution in [2.45, 2.75) is 0 Å². The second-order valence-corrected chi connectivity index (χ2v) is 6.75. The monoisotopic (exact) mass is 368 g/mol. The van der Waals surface area contributed by atoms with Gasteiger partial charge in [-0.25, -0.2) is 4.99 Å². The number of amidine groups is 1. The summed E-state index contributed by atoms with van der Waals surface area (Å²) in [5.74, 6) is -0.274. The number of nitro groups is 1. The molecule has 0 spiro atoms. The third kappa shape index (κ3) is 3.92. The maximum absolute atomic E-state index is 12.2. The largest absolute Gasteiger partial charge is 0.372 e. The van der Waals surface area contributed by atoms with Crippen LogP contribution >= 0.6 is 11.8 Å². The van der Waals surface area contributed by atoms with E-state index in [-0.39, 0.29) is 11.6 Å². The Morgan fingerprint density at radius 3 is 2.58 bits per heavy atom. The van der Waals surface area contributed by atoms with Crippen molar-refractivity contribution >= 4 is 46.0 Å². The lowest BCUT2D eigenvalue weighted by atomic mass is 10.1. The summed E-state index contributed by atoms with van der Waals surface area (Å²) in [5.41, 5.74) is 1.82. The molecule has 0 atom stereocenters. The molecule has 1 fully saturated rings. The first-order valence-electron chi connectivity index (χ1n) is 7.74. The van der Waals surface area contributed by atoms with Crippen LogP contribution in [0.4, 0.5) is 17.1 Å². The molecule has 1 aliphatic heterocycles. The number of hydrogen-bond acceptors (Lipinski definition) is 6. The zero-order chi connectivity index (χ0) is 18.7. The molecule has 0 unspecified atom stereocenters. The first kappa shape index (κ1) is 17.7. The number of aliphatic imine (C=N–C) groups is 1. The fourth-order valence-corrected chi connectivity index (χ4v) is 3.25. The Balaban J connectivity index is 1.88. The minimum atomic E-state index is -0.429. The van der Waals surface area contributed by atoms with Crippen LogP contribution in [-0.2, 0) is 4.79 Å². The minimum absolute atomic E-state index is 0.00840. The van der Waals surface area contributed by atoms with Crippen molar-refractivity contribution < 1.29 is 9.72 Å². The van der Waals surface area contributed by atoms with Gasteiger partial charge in [-0.1, -0.05) is 24.3 Å². The normalized spacial score (nSPS) is 16.8. The highest BCUT2D eigenvalue weighted by molar-refractivity contribution is 8.18. The molecule has 0 bridgehead atoms. The van der Waals surface area contributed by atoms with E-state index in [0.717, 1.165) is 5.69 Å². The summed E-state index contributed by atoms with van der Waals surface area (Å²) in [4.78, 5) is 29.5. The van der Waals surface area contributed by atoms with E-state index in [0.29, 0.717) is 21.3 Å². The number of benzene rings is 2. The maximum atomic E-state index is 12.2. The average Bonchev–Trinajstić information content (AvgIpc) is 2.94. The van der Waals surface area contributed by atoms with Crippen molar-refractivity contribution in [1.82, 2.24) is 5.32 Å². The van der Waals surface area contributed by atoms with E-state index >= 15 is 0 Å². The van der Waals surface area contributed by atoms with E-state index in [4.69, 9.17) is 0 Å². The van der Waals surface area contributed by atoms with Gasteiger partial charge in [0.2, 0.25) is 0 Å². The summed E-state index contributed by atoms with van der Waals surface area (Å²) in [7, 11) is 3.49. The predicted molar refractivity (Wildman–Crippen MR) is 105 cm³/mol. The molecule has 0 saturated carbocycles. The topological polar surface area (TPSA) is 87.8 Å². The number of anilines is 1. The number of nitro benzene ring substituents is 1. The molecule has 0 aliphatic carbocycles. The Morgan fingerprint density at radius 1 is 1.19 bits per heavy atom. The molecule has 26 heavy (non-hydrogen) atoms. The Labute approximate surface area is 154 Å². The number of thioether (sulfide) groups is 1. The molecule has 0 radical (unpaired) electrons. The SMILES string of the molecule is CN(C)c1ccc(/C=C2/SC(=Nc3ccccc3)NC2=O)cc1[N+](=O)[O-]. The van der Waals surface area contributed by atoms with E-state index in [9.17, 15) is 14.9 Å². The van der Waals surface area contributed by atoms with Crippen LogP contribution in [0.25, 0.3) is 6.08 Å². The fourth-order valence-electron chi connectivity index (χ4n) is 2.41. The zero-order valence-corrected chi connectivity index (χ0v) is 15.0. The maximum Gasteiger partial charge on any atom is 0.293 e. The summed E-state index contributed by atoms with van der Waals surface area (Å²) in [6.45, 7) is 0. The number of nitrogens with one attached hydrogen (secondary N) is 1. The number of carbonyl (C=O) groups is 1. The van der Waals surface area contributed by atoms with E-state index in [2.05, 4.69) is 10.3 Å². The second-order valence-electron chi connectivity index (χ2n) is 5.72. The predicted octanol–water partition coefficient (Wildman–Crippen LogP) is 3.55. The Hall–Kier alpha value is -3.13. The summed E-state index contributed by atoms with van der Waals surface area (Å²) in [6, 6.07) is 14.2. The van der Waals surface area contributed by atoms with Gasteiger partial charge < -0.3 is 10.2 Å². The van der Waals surface area contributed by atoms with Gasteiger partial charge >= 0.3 is 0 Å². The highest BCUT2D eigenvalue weighted by Gasteiger charge is 2.24. The molecular formula is C18H16N4O3S. The number of para-hydroxylation sites is 1. The first-order valence-corrected chi connectivity index (χ1v) is 8.56. The van der Waals surface area contributed by atoms with Crippen LogP contribution < -0.4 is 10.2 Å². The number of carbonyl (C=O) groups excluding carboxylic acids is 1. The zero-order valence-electron chi connectivity index (χ0n) is 14.2. The fraction of sp³-hybridized carbons (Fsp3) is 0.111. The molecule has 1 saturated heterocycles. The van der Waals surface area contributed by atoms with Crippen molar-refractivity contribution in [1.29, 1.82) is 0 Å². The van der Waals surface area contributed by atoms with Crippen LogP contribution in [0.1, 0.15) is 5.56 Å². The van der Waals surface area contributed by atoms with E-state index < -0.39 is 4.92 Å². The summed E-state index contributed by atoms with van der Waals surface area (Å²) in [6.07, 6.45) is 1.62. The number of nitrogens with zero attached hydrogens (tertiary/aromatic N) is 3. The molecule has 7 nitrogen and oxygen atoms in total. The van der Waals surface area contributed by atoms with Crippen LogP contribution in [0.15, 0.2) is 58.4 Å². The Kier molecular flexibility index (Phi) is 5.04. The smallest absolute Gasteiger partial charge is 0.293 e. The van der Waals surface area contributed by atoms with Crippen molar-refractivity contribution in [3.05, 3.63) is 69.1 Å². The van der Waals surface area contributed by atoms with E-state index in [1.165, 1.54) is 17.8 Å². The second kappa shape index (κ2) is 7.40. The molecule has 0 aromatic heterocycles. The number of hydrogen-bond donors (Lipinski definition) is 1. The van der Waals surface area contributed by atoms with Crippen LogP contribution in [0.2, 0.25) is 0 Å². The van der Waals surface area contributed by atoms with Gasteiger partial charge in [-0.05, 0) is 41.6 Å². The van der Waals surface area contributed by atoms with Gasteiger partial charge in [0.05, 0.1) is 15.5 Å². The number of rotatable bonds is 4.